The lowest BCUT2D eigenvalue weighted by molar-refractivity contribution is 0.528. The van der Waals surface area contributed by atoms with Crippen LogP contribution in [0.1, 0.15) is 22.9 Å². The number of aryl methyl sites for hydroxylation is 1. The van der Waals surface area contributed by atoms with E-state index >= 15 is 0 Å². The normalized spacial score (nSPS) is 12.8. The van der Waals surface area contributed by atoms with Gasteiger partial charge < -0.3 is 9.73 Å². The molecule has 0 aliphatic carbocycles. The van der Waals surface area contributed by atoms with E-state index in [1.807, 2.05) is 32.2 Å². The quantitative estimate of drug-likeness (QED) is 0.754. The summed E-state index contributed by atoms with van der Waals surface area (Å²) in [5.74, 6) is 0.915. The molecule has 1 aromatic heterocycles. The maximum atomic E-state index is 6.29. The van der Waals surface area contributed by atoms with Crippen LogP contribution in [0.3, 0.4) is 0 Å². The van der Waals surface area contributed by atoms with Crippen molar-refractivity contribution < 1.29 is 4.42 Å². The Kier molecular flexibility index (Phi) is 3.51. The number of hydrogen-bond donors (Lipinski definition) is 1. The van der Waals surface area contributed by atoms with Gasteiger partial charge in [0.05, 0.1) is 12.3 Å². The second-order valence-electron chi connectivity index (χ2n) is 4.89. The molecule has 0 fully saturated rings. The summed E-state index contributed by atoms with van der Waals surface area (Å²) in [4.78, 5) is 0. The van der Waals surface area contributed by atoms with Crippen LogP contribution in [0, 0.1) is 6.92 Å². The van der Waals surface area contributed by atoms with Crippen molar-refractivity contribution in [1.29, 1.82) is 0 Å². The van der Waals surface area contributed by atoms with Crippen LogP contribution in [-0.4, -0.2) is 7.05 Å². The summed E-state index contributed by atoms with van der Waals surface area (Å²) in [5.41, 5.74) is 2.32. The van der Waals surface area contributed by atoms with Crippen molar-refractivity contribution in [3.05, 3.63) is 70.6 Å². The molecule has 0 radical (unpaired) electrons. The molecule has 3 aromatic rings. The van der Waals surface area contributed by atoms with E-state index < -0.39 is 0 Å². The van der Waals surface area contributed by atoms with Crippen molar-refractivity contribution in [2.45, 2.75) is 13.0 Å². The molecular formula is C17H16ClNO. The average molecular weight is 286 g/mol. The smallest absolute Gasteiger partial charge is 0.101 e. The van der Waals surface area contributed by atoms with E-state index in [0.29, 0.717) is 0 Å². The van der Waals surface area contributed by atoms with Crippen LogP contribution >= 0.6 is 11.6 Å². The maximum Gasteiger partial charge on any atom is 0.101 e. The van der Waals surface area contributed by atoms with Gasteiger partial charge in [-0.3, -0.25) is 0 Å². The molecule has 0 saturated carbocycles. The fourth-order valence-electron chi connectivity index (χ4n) is 2.65. The fraction of sp³-hybridized carbons (Fsp3) is 0.176. The molecular weight excluding hydrogens is 270 g/mol. The number of benzene rings is 2. The molecule has 1 unspecified atom stereocenters. The number of furan rings is 1. The molecule has 0 amide bonds. The van der Waals surface area contributed by atoms with Gasteiger partial charge in [0.2, 0.25) is 0 Å². The summed E-state index contributed by atoms with van der Waals surface area (Å²) >= 11 is 6.29. The summed E-state index contributed by atoms with van der Waals surface area (Å²) in [6, 6.07) is 14.4. The molecule has 0 saturated heterocycles. The summed E-state index contributed by atoms with van der Waals surface area (Å²) in [5, 5.41) is 6.38. The van der Waals surface area contributed by atoms with Crippen LogP contribution in [-0.2, 0) is 0 Å². The van der Waals surface area contributed by atoms with Crippen molar-refractivity contribution in [3.63, 3.8) is 0 Å². The highest BCUT2D eigenvalue weighted by atomic mass is 35.5. The summed E-state index contributed by atoms with van der Waals surface area (Å²) in [6.07, 6.45) is 1.81. The van der Waals surface area contributed by atoms with Gasteiger partial charge >= 0.3 is 0 Å². The Balaban J connectivity index is 2.20. The molecule has 102 valence electrons. The van der Waals surface area contributed by atoms with E-state index in [9.17, 15) is 0 Å². The Morgan fingerprint density at radius 1 is 1.10 bits per heavy atom. The lowest BCUT2D eigenvalue weighted by atomic mass is 9.95. The zero-order chi connectivity index (χ0) is 14.1. The van der Waals surface area contributed by atoms with E-state index in [-0.39, 0.29) is 6.04 Å². The Bertz CT molecular complexity index is 748. The zero-order valence-electron chi connectivity index (χ0n) is 11.5. The first-order valence-electron chi connectivity index (χ1n) is 6.60. The minimum Gasteiger partial charge on any atom is -0.469 e. The predicted molar refractivity (Wildman–Crippen MR) is 83.3 cm³/mol. The third-order valence-corrected chi connectivity index (χ3v) is 3.92. The van der Waals surface area contributed by atoms with Crippen LogP contribution in [0.15, 0.2) is 53.1 Å². The molecule has 0 bridgehead atoms. The van der Waals surface area contributed by atoms with Gasteiger partial charge in [-0.2, -0.15) is 0 Å². The molecule has 1 heterocycles. The van der Waals surface area contributed by atoms with E-state index in [4.69, 9.17) is 16.0 Å². The monoisotopic (exact) mass is 285 g/mol. The third-order valence-electron chi connectivity index (χ3n) is 3.59. The highest BCUT2D eigenvalue weighted by molar-refractivity contribution is 6.35. The second-order valence-corrected chi connectivity index (χ2v) is 5.30. The average Bonchev–Trinajstić information content (AvgIpc) is 2.89. The number of nitrogens with one attached hydrogen (secondary N) is 1. The highest BCUT2D eigenvalue weighted by Crippen LogP contribution is 2.33. The summed E-state index contributed by atoms with van der Waals surface area (Å²) in [6.45, 7) is 1.95. The molecule has 3 rings (SSSR count). The van der Waals surface area contributed by atoms with Gasteiger partial charge in [0.15, 0.2) is 0 Å². The van der Waals surface area contributed by atoms with Crippen molar-refractivity contribution in [3.8, 4) is 0 Å². The van der Waals surface area contributed by atoms with Crippen molar-refractivity contribution in [1.82, 2.24) is 5.32 Å². The van der Waals surface area contributed by atoms with Crippen LogP contribution in [0.25, 0.3) is 10.8 Å². The third kappa shape index (κ3) is 2.21. The number of fused-ring (bicyclic) bond motifs is 1. The molecule has 0 aliphatic rings. The second kappa shape index (κ2) is 5.31. The topological polar surface area (TPSA) is 25.2 Å². The van der Waals surface area contributed by atoms with Crippen LogP contribution < -0.4 is 5.32 Å². The zero-order valence-corrected chi connectivity index (χ0v) is 12.2. The molecule has 3 heteroatoms. The number of rotatable bonds is 3. The SMILES string of the molecule is CNC(c1coc(C)c1)c1ccc(Cl)c2ccccc12. The molecule has 20 heavy (non-hydrogen) atoms. The van der Waals surface area contributed by atoms with Gasteiger partial charge in [-0.1, -0.05) is 41.9 Å². The lowest BCUT2D eigenvalue weighted by Gasteiger charge is -2.18. The summed E-state index contributed by atoms with van der Waals surface area (Å²) < 4.78 is 5.44. The number of halogens is 1. The largest absolute Gasteiger partial charge is 0.469 e. The van der Waals surface area contributed by atoms with Crippen molar-refractivity contribution in [2.24, 2.45) is 0 Å². The Hall–Kier alpha value is -1.77. The predicted octanol–water partition coefficient (Wildman–Crippen LogP) is 4.70. The first-order valence-corrected chi connectivity index (χ1v) is 6.98. The van der Waals surface area contributed by atoms with Gasteiger partial charge in [0, 0.05) is 16.0 Å². The van der Waals surface area contributed by atoms with E-state index in [1.54, 1.807) is 6.26 Å². The maximum absolute atomic E-state index is 6.29. The van der Waals surface area contributed by atoms with Crippen molar-refractivity contribution in [2.75, 3.05) is 7.05 Å². The number of hydrogen-bond acceptors (Lipinski definition) is 2. The Morgan fingerprint density at radius 2 is 1.85 bits per heavy atom. The lowest BCUT2D eigenvalue weighted by Crippen LogP contribution is -2.17. The van der Waals surface area contributed by atoms with Gasteiger partial charge in [-0.25, -0.2) is 0 Å². The Labute approximate surface area is 123 Å². The van der Waals surface area contributed by atoms with Gasteiger partial charge in [0.25, 0.3) is 0 Å². The van der Waals surface area contributed by atoms with Crippen LogP contribution in [0.2, 0.25) is 5.02 Å². The summed E-state index contributed by atoms with van der Waals surface area (Å²) in [7, 11) is 1.95. The first-order chi connectivity index (χ1) is 9.70. The van der Waals surface area contributed by atoms with E-state index in [0.717, 1.165) is 21.7 Å². The minimum absolute atomic E-state index is 0.0922. The van der Waals surface area contributed by atoms with Crippen LogP contribution in [0.4, 0.5) is 0 Å². The standard InChI is InChI=1S/C17H16ClNO/c1-11-9-12(10-20-11)17(19-2)15-7-8-16(18)14-6-4-3-5-13(14)15/h3-10,17,19H,1-2H3. The molecule has 2 aromatic carbocycles. The van der Waals surface area contributed by atoms with Gasteiger partial charge in [-0.05, 0) is 37.1 Å². The van der Waals surface area contributed by atoms with Crippen LogP contribution in [0.5, 0.6) is 0 Å². The highest BCUT2D eigenvalue weighted by Gasteiger charge is 2.17. The molecule has 2 nitrogen and oxygen atoms in total. The van der Waals surface area contributed by atoms with Gasteiger partial charge in [0.1, 0.15) is 5.76 Å². The van der Waals surface area contributed by atoms with Crippen molar-refractivity contribution >= 4 is 22.4 Å². The molecule has 1 N–H and O–H groups in total. The minimum atomic E-state index is 0.0922. The van der Waals surface area contributed by atoms with E-state index in [2.05, 4.69) is 29.6 Å². The Morgan fingerprint density at radius 3 is 2.50 bits per heavy atom. The molecule has 0 aliphatic heterocycles. The fourth-order valence-corrected chi connectivity index (χ4v) is 2.88. The first kappa shape index (κ1) is 13.2. The molecule has 1 atom stereocenters. The molecule has 0 spiro atoms. The van der Waals surface area contributed by atoms with E-state index in [1.165, 1.54) is 10.9 Å². The van der Waals surface area contributed by atoms with Gasteiger partial charge in [-0.15, -0.1) is 0 Å².